The maximum Gasteiger partial charge on any atom is 0.241 e. The van der Waals surface area contributed by atoms with E-state index in [1.54, 1.807) is 12.1 Å². The Kier molecular flexibility index (Phi) is 5.81. The third kappa shape index (κ3) is 4.53. The van der Waals surface area contributed by atoms with Crippen molar-refractivity contribution < 1.29 is 13.9 Å². The molecular weight excluding hydrogens is 309 g/mol. The molecule has 2 fully saturated rings. The Bertz CT molecular complexity index is 538. The molecule has 0 aliphatic carbocycles. The predicted molar refractivity (Wildman–Crippen MR) is 91.5 cm³/mol. The van der Waals surface area contributed by atoms with Crippen molar-refractivity contribution in [2.45, 2.75) is 31.9 Å². The van der Waals surface area contributed by atoms with E-state index in [-0.39, 0.29) is 17.8 Å². The number of carbonyl (C=O) groups excluding carboxylic acids is 1. The van der Waals surface area contributed by atoms with Crippen LogP contribution < -0.4 is 5.32 Å². The maximum absolute atomic E-state index is 12.9. The van der Waals surface area contributed by atoms with E-state index in [9.17, 15) is 9.18 Å². The van der Waals surface area contributed by atoms with Gasteiger partial charge in [0.05, 0.1) is 12.1 Å². The Labute approximate surface area is 142 Å². The zero-order valence-electron chi connectivity index (χ0n) is 14.2. The molecule has 2 aliphatic rings. The number of halogens is 1. The summed E-state index contributed by atoms with van der Waals surface area (Å²) in [5, 5.41) is 2.86. The normalized spacial score (nSPS) is 24.0. The molecule has 3 rings (SSSR count). The molecule has 0 radical (unpaired) electrons. The number of ether oxygens (including phenoxy) is 1. The minimum Gasteiger partial charge on any atom is -0.377 e. The van der Waals surface area contributed by atoms with E-state index < -0.39 is 0 Å². The van der Waals surface area contributed by atoms with E-state index in [0.717, 1.165) is 45.8 Å². The van der Waals surface area contributed by atoms with Crippen LogP contribution in [0.25, 0.3) is 0 Å². The molecule has 5 nitrogen and oxygen atoms in total. The minimum atomic E-state index is -0.302. The Morgan fingerprint density at radius 2 is 2.00 bits per heavy atom. The largest absolute Gasteiger partial charge is 0.377 e. The zero-order valence-corrected chi connectivity index (χ0v) is 14.2. The fourth-order valence-corrected chi connectivity index (χ4v) is 3.36. The smallest absolute Gasteiger partial charge is 0.241 e. The molecule has 1 amide bonds. The van der Waals surface area contributed by atoms with Gasteiger partial charge >= 0.3 is 0 Å². The number of hydrogen-bond acceptors (Lipinski definition) is 4. The summed E-state index contributed by atoms with van der Waals surface area (Å²) < 4.78 is 18.6. The lowest BCUT2D eigenvalue weighted by Gasteiger charge is -2.38. The second kappa shape index (κ2) is 8.05. The summed E-state index contributed by atoms with van der Waals surface area (Å²) >= 11 is 0. The molecule has 6 heteroatoms. The molecule has 0 saturated carbocycles. The third-order valence-corrected chi connectivity index (χ3v) is 4.93. The molecule has 0 aromatic heterocycles. The number of piperazine rings is 1. The topological polar surface area (TPSA) is 44.8 Å². The van der Waals surface area contributed by atoms with Crippen molar-refractivity contribution in [3.05, 3.63) is 30.1 Å². The number of hydrogen-bond donors (Lipinski definition) is 1. The van der Waals surface area contributed by atoms with Gasteiger partial charge in [-0.1, -0.05) is 0 Å². The molecule has 132 valence electrons. The highest BCUT2D eigenvalue weighted by molar-refractivity contribution is 5.94. The molecule has 0 bridgehead atoms. The van der Waals surface area contributed by atoms with E-state index in [2.05, 4.69) is 15.1 Å². The first-order valence-corrected chi connectivity index (χ1v) is 8.76. The first-order chi connectivity index (χ1) is 11.6. The highest BCUT2D eigenvalue weighted by Gasteiger charge is 2.27. The van der Waals surface area contributed by atoms with Crippen LogP contribution in [-0.2, 0) is 9.53 Å². The van der Waals surface area contributed by atoms with Gasteiger partial charge in [-0.3, -0.25) is 14.6 Å². The quantitative estimate of drug-likeness (QED) is 0.893. The van der Waals surface area contributed by atoms with Gasteiger partial charge in [0.25, 0.3) is 0 Å². The lowest BCUT2D eigenvalue weighted by molar-refractivity contribution is -0.121. The highest BCUT2D eigenvalue weighted by atomic mass is 19.1. The van der Waals surface area contributed by atoms with Gasteiger partial charge in [-0.05, 0) is 44.0 Å². The summed E-state index contributed by atoms with van der Waals surface area (Å²) in [6.07, 6.45) is 2.72. The molecule has 1 aromatic rings. The van der Waals surface area contributed by atoms with Gasteiger partial charge in [0.2, 0.25) is 5.91 Å². The number of amides is 1. The van der Waals surface area contributed by atoms with E-state index in [1.165, 1.54) is 18.6 Å². The van der Waals surface area contributed by atoms with E-state index in [0.29, 0.717) is 11.8 Å². The number of rotatable bonds is 5. The van der Waals surface area contributed by atoms with Gasteiger partial charge < -0.3 is 10.1 Å². The SMILES string of the molecule is C[C@H](C(=O)Nc1ccc(F)cc1)N1CCN(C[C@@H]2CCCO2)CC1. The van der Waals surface area contributed by atoms with E-state index in [1.807, 2.05) is 6.92 Å². The first-order valence-electron chi connectivity index (χ1n) is 8.76. The second-order valence-electron chi connectivity index (χ2n) is 6.64. The number of carbonyl (C=O) groups is 1. The summed E-state index contributed by atoms with van der Waals surface area (Å²) in [5.41, 5.74) is 0.630. The Morgan fingerprint density at radius 1 is 1.29 bits per heavy atom. The van der Waals surface area contributed by atoms with Gasteiger partial charge in [-0.2, -0.15) is 0 Å². The average Bonchev–Trinajstić information content (AvgIpc) is 3.10. The summed E-state index contributed by atoms with van der Waals surface area (Å²) in [7, 11) is 0. The van der Waals surface area contributed by atoms with Crippen LogP contribution in [0.5, 0.6) is 0 Å². The molecule has 2 aliphatic heterocycles. The standard InChI is InChI=1S/C18H26FN3O2/c1-14(18(23)20-16-6-4-15(19)5-7-16)22-10-8-21(9-11-22)13-17-3-2-12-24-17/h4-7,14,17H,2-3,8-13H2,1H3,(H,20,23)/t14-,17+/m1/s1. The van der Waals surface area contributed by atoms with Crippen molar-refractivity contribution in [2.75, 3.05) is 44.6 Å². The van der Waals surface area contributed by atoms with Gasteiger partial charge in [0.1, 0.15) is 5.82 Å². The number of nitrogens with one attached hydrogen (secondary N) is 1. The third-order valence-electron chi connectivity index (χ3n) is 4.93. The summed E-state index contributed by atoms with van der Waals surface area (Å²) in [4.78, 5) is 17.0. The Balaban J connectivity index is 1.44. The number of nitrogens with zero attached hydrogens (tertiary/aromatic N) is 2. The van der Waals surface area contributed by atoms with Crippen molar-refractivity contribution in [1.82, 2.24) is 9.80 Å². The fraction of sp³-hybridized carbons (Fsp3) is 0.611. The fourth-order valence-electron chi connectivity index (χ4n) is 3.36. The molecular formula is C18H26FN3O2. The van der Waals surface area contributed by atoms with Crippen LogP contribution in [0.15, 0.2) is 24.3 Å². The van der Waals surface area contributed by atoms with Gasteiger partial charge in [0, 0.05) is 45.0 Å². The molecule has 2 heterocycles. The van der Waals surface area contributed by atoms with Crippen LogP contribution >= 0.6 is 0 Å². The van der Waals surface area contributed by atoms with Gasteiger partial charge in [0.15, 0.2) is 0 Å². The van der Waals surface area contributed by atoms with Crippen LogP contribution in [0.3, 0.4) is 0 Å². The minimum absolute atomic E-state index is 0.0471. The average molecular weight is 335 g/mol. The predicted octanol–water partition coefficient (Wildman–Crippen LogP) is 1.95. The molecule has 2 atom stereocenters. The first kappa shape index (κ1) is 17.3. The maximum atomic E-state index is 12.9. The van der Waals surface area contributed by atoms with Crippen molar-refractivity contribution >= 4 is 11.6 Å². The van der Waals surface area contributed by atoms with Crippen LogP contribution in [-0.4, -0.2) is 67.2 Å². The molecule has 0 unspecified atom stereocenters. The molecule has 1 aromatic carbocycles. The van der Waals surface area contributed by atoms with Gasteiger partial charge in [-0.15, -0.1) is 0 Å². The highest BCUT2D eigenvalue weighted by Crippen LogP contribution is 2.16. The Hall–Kier alpha value is -1.50. The van der Waals surface area contributed by atoms with Crippen molar-refractivity contribution in [3.63, 3.8) is 0 Å². The number of benzene rings is 1. The van der Waals surface area contributed by atoms with Crippen LogP contribution in [0.4, 0.5) is 10.1 Å². The lowest BCUT2D eigenvalue weighted by Crippen LogP contribution is -2.53. The molecule has 1 N–H and O–H groups in total. The summed E-state index contributed by atoms with van der Waals surface area (Å²) in [5.74, 6) is -0.349. The van der Waals surface area contributed by atoms with Crippen LogP contribution in [0, 0.1) is 5.82 Å². The van der Waals surface area contributed by atoms with Crippen molar-refractivity contribution in [3.8, 4) is 0 Å². The van der Waals surface area contributed by atoms with Gasteiger partial charge in [-0.25, -0.2) is 4.39 Å². The van der Waals surface area contributed by atoms with Crippen LogP contribution in [0.1, 0.15) is 19.8 Å². The molecule has 0 spiro atoms. The molecule has 24 heavy (non-hydrogen) atoms. The lowest BCUT2D eigenvalue weighted by atomic mass is 10.2. The van der Waals surface area contributed by atoms with Crippen molar-refractivity contribution in [1.29, 1.82) is 0 Å². The van der Waals surface area contributed by atoms with E-state index in [4.69, 9.17) is 4.74 Å². The Morgan fingerprint density at radius 3 is 2.62 bits per heavy atom. The van der Waals surface area contributed by atoms with Crippen molar-refractivity contribution in [2.24, 2.45) is 0 Å². The van der Waals surface area contributed by atoms with E-state index >= 15 is 0 Å². The zero-order chi connectivity index (χ0) is 16.9. The second-order valence-corrected chi connectivity index (χ2v) is 6.64. The summed E-state index contributed by atoms with van der Waals surface area (Å²) in [6.45, 7) is 7.52. The number of anilines is 1. The summed E-state index contributed by atoms with van der Waals surface area (Å²) in [6, 6.07) is 5.67. The van der Waals surface area contributed by atoms with Crippen LogP contribution in [0.2, 0.25) is 0 Å². The monoisotopic (exact) mass is 335 g/mol. The molecule has 2 saturated heterocycles.